The van der Waals surface area contributed by atoms with Gasteiger partial charge in [0.25, 0.3) is 0 Å². The highest BCUT2D eigenvalue weighted by Crippen LogP contribution is 2.66. The van der Waals surface area contributed by atoms with E-state index in [4.69, 9.17) is 4.74 Å². The molecule has 3 fully saturated rings. The molecule has 6 heteroatoms. The summed E-state index contributed by atoms with van der Waals surface area (Å²) in [6.45, 7) is 4.76. The molecule has 4 aliphatic rings. The van der Waals surface area contributed by atoms with Crippen LogP contribution >= 0.6 is 0 Å². The van der Waals surface area contributed by atoms with Gasteiger partial charge in [-0.05, 0) is 55.4 Å². The van der Waals surface area contributed by atoms with Gasteiger partial charge in [-0.1, -0.05) is 19.4 Å². The highest BCUT2D eigenvalue weighted by atomic mass is 16.5. The van der Waals surface area contributed by atoms with Crippen molar-refractivity contribution in [3.05, 3.63) is 11.6 Å². The first kappa shape index (κ1) is 20.5. The van der Waals surface area contributed by atoms with Gasteiger partial charge in [0.1, 0.15) is 11.4 Å². The average molecular weight is 402 g/mol. The molecule has 0 aliphatic heterocycles. The Morgan fingerprint density at radius 2 is 1.90 bits per heavy atom. The van der Waals surface area contributed by atoms with Crippen LogP contribution in [0, 0.1) is 28.6 Å². The molecular weight excluding hydrogens is 372 g/mol. The minimum Gasteiger partial charge on any atom is -0.458 e. The van der Waals surface area contributed by atoms with Crippen molar-refractivity contribution >= 4 is 23.3 Å². The lowest BCUT2D eigenvalue weighted by Gasteiger charge is -2.57. The predicted octanol–water partition coefficient (Wildman–Crippen LogP) is 2.56. The minimum absolute atomic E-state index is 0.0625. The van der Waals surface area contributed by atoms with Crippen molar-refractivity contribution in [3.8, 4) is 0 Å². The Morgan fingerprint density at radius 3 is 2.59 bits per heavy atom. The molecule has 6 nitrogen and oxygen atoms in total. The second-order valence-corrected chi connectivity index (χ2v) is 10.0. The molecule has 0 aromatic carbocycles. The average Bonchev–Trinajstić information content (AvgIpc) is 2.91. The van der Waals surface area contributed by atoms with Crippen molar-refractivity contribution in [3.63, 3.8) is 0 Å². The quantitative estimate of drug-likeness (QED) is 0.729. The Balaban J connectivity index is 1.66. The molecule has 0 bridgehead atoms. The van der Waals surface area contributed by atoms with E-state index in [2.05, 4.69) is 6.92 Å². The molecule has 0 radical (unpaired) electrons. The monoisotopic (exact) mass is 402 g/mol. The third-order valence-electron chi connectivity index (χ3n) is 8.67. The number of ether oxygens (including phenoxy) is 1. The fourth-order valence-corrected chi connectivity index (χ4v) is 7.13. The maximum Gasteiger partial charge on any atom is 0.303 e. The number of hydrogen-bond acceptors (Lipinski definition) is 6. The molecule has 0 aromatic rings. The van der Waals surface area contributed by atoms with Crippen LogP contribution in [0.25, 0.3) is 0 Å². The van der Waals surface area contributed by atoms with Crippen LogP contribution in [0.3, 0.4) is 0 Å². The number of esters is 1. The second-order valence-electron chi connectivity index (χ2n) is 10.0. The number of rotatable bonds is 3. The molecule has 6 atom stereocenters. The van der Waals surface area contributed by atoms with E-state index in [-0.39, 0.29) is 41.2 Å². The first-order valence-corrected chi connectivity index (χ1v) is 10.7. The van der Waals surface area contributed by atoms with E-state index < -0.39 is 29.4 Å². The predicted molar refractivity (Wildman–Crippen MR) is 104 cm³/mol. The zero-order valence-corrected chi connectivity index (χ0v) is 17.5. The number of carbonyl (C=O) groups is 4. The van der Waals surface area contributed by atoms with Crippen LogP contribution in [0.2, 0.25) is 0 Å². The summed E-state index contributed by atoms with van der Waals surface area (Å²) in [6, 6.07) is 0. The molecule has 4 rings (SSSR count). The zero-order valence-electron chi connectivity index (χ0n) is 17.5. The molecule has 29 heavy (non-hydrogen) atoms. The topological polar surface area (TPSA) is 97.7 Å². The van der Waals surface area contributed by atoms with Gasteiger partial charge in [0, 0.05) is 31.1 Å². The van der Waals surface area contributed by atoms with Crippen LogP contribution in [0.5, 0.6) is 0 Å². The summed E-state index contributed by atoms with van der Waals surface area (Å²) in [4.78, 5) is 49.4. The van der Waals surface area contributed by atoms with Crippen molar-refractivity contribution in [2.45, 2.75) is 71.3 Å². The minimum atomic E-state index is -1.65. The fraction of sp³-hybridized carbons (Fsp3) is 0.739. The largest absolute Gasteiger partial charge is 0.458 e. The molecule has 0 heterocycles. The summed E-state index contributed by atoms with van der Waals surface area (Å²) in [5, 5.41) is 11.4. The van der Waals surface area contributed by atoms with E-state index in [0.29, 0.717) is 25.7 Å². The molecule has 158 valence electrons. The van der Waals surface area contributed by atoms with E-state index in [9.17, 15) is 24.3 Å². The van der Waals surface area contributed by atoms with Gasteiger partial charge in [-0.25, -0.2) is 0 Å². The van der Waals surface area contributed by atoms with Crippen LogP contribution in [-0.4, -0.2) is 40.6 Å². The van der Waals surface area contributed by atoms with Crippen LogP contribution in [0.15, 0.2) is 11.6 Å². The number of hydrogen-bond donors (Lipinski definition) is 1. The maximum absolute atomic E-state index is 13.5. The fourth-order valence-electron chi connectivity index (χ4n) is 7.13. The normalized spacial score (nSPS) is 43.7. The summed E-state index contributed by atoms with van der Waals surface area (Å²) >= 11 is 0. The highest BCUT2D eigenvalue weighted by Gasteiger charge is 2.68. The third kappa shape index (κ3) is 2.78. The van der Waals surface area contributed by atoms with Crippen molar-refractivity contribution < 1.29 is 29.0 Å². The molecule has 0 aromatic heterocycles. The van der Waals surface area contributed by atoms with Gasteiger partial charge in [0.2, 0.25) is 5.78 Å². The number of Topliss-reactive ketones (excluding diaryl/α,β-unsaturated/α-hetero) is 2. The van der Waals surface area contributed by atoms with Gasteiger partial charge in [0.15, 0.2) is 12.4 Å². The lowest BCUT2D eigenvalue weighted by molar-refractivity contribution is -0.173. The van der Waals surface area contributed by atoms with E-state index in [1.807, 2.05) is 6.92 Å². The van der Waals surface area contributed by atoms with Gasteiger partial charge >= 0.3 is 5.97 Å². The Hall–Kier alpha value is -1.82. The summed E-state index contributed by atoms with van der Waals surface area (Å²) in [7, 11) is 0. The first-order valence-electron chi connectivity index (χ1n) is 10.7. The van der Waals surface area contributed by atoms with E-state index in [1.54, 1.807) is 6.08 Å². The first-order chi connectivity index (χ1) is 13.5. The van der Waals surface area contributed by atoms with Crippen molar-refractivity contribution in [1.82, 2.24) is 0 Å². The summed E-state index contributed by atoms with van der Waals surface area (Å²) in [5.41, 5.74) is -1.68. The van der Waals surface area contributed by atoms with E-state index in [1.165, 1.54) is 6.92 Å². The molecule has 3 saturated carbocycles. The number of aliphatic hydroxyl groups is 1. The lowest BCUT2D eigenvalue weighted by Crippen LogP contribution is -2.61. The van der Waals surface area contributed by atoms with Crippen LogP contribution in [0.4, 0.5) is 0 Å². The van der Waals surface area contributed by atoms with Gasteiger partial charge in [0.05, 0.1) is 0 Å². The van der Waals surface area contributed by atoms with E-state index >= 15 is 0 Å². The van der Waals surface area contributed by atoms with Gasteiger partial charge < -0.3 is 9.84 Å². The smallest absolute Gasteiger partial charge is 0.303 e. The summed E-state index contributed by atoms with van der Waals surface area (Å²) < 4.78 is 4.86. The SMILES string of the molecule is CC(=O)OCC(=O)[C@@]1(O)CC[C@@H]2[C@H]3CCC4=CC(=O)CC[C@]4(C)[C@@H]3C(=O)C[C@@]21C. The molecular formula is C23H30O6. The Labute approximate surface area is 171 Å². The van der Waals surface area contributed by atoms with Gasteiger partial charge in [-0.2, -0.15) is 0 Å². The highest BCUT2D eigenvalue weighted by molar-refractivity contribution is 5.95. The number of fused-ring (bicyclic) bond motifs is 5. The van der Waals surface area contributed by atoms with Crippen molar-refractivity contribution in [2.75, 3.05) is 6.61 Å². The second kappa shape index (κ2) is 6.59. The Bertz CT molecular complexity index is 827. The van der Waals surface area contributed by atoms with Gasteiger partial charge in [-0.15, -0.1) is 0 Å². The maximum atomic E-state index is 13.5. The van der Waals surface area contributed by atoms with Crippen LogP contribution < -0.4 is 0 Å². The van der Waals surface area contributed by atoms with Crippen LogP contribution in [0.1, 0.15) is 65.7 Å². The molecule has 0 unspecified atom stereocenters. The summed E-state index contributed by atoms with van der Waals surface area (Å²) in [6.07, 6.45) is 5.66. The number of allylic oxidation sites excluding steroid dienone is 1. The Kier molecular flexibility index (Phi) is 4.65. The standard InChI is InChI=1S/C23H30O6/c1-13(24)29-12-19(27)23(28)9-7-17-16-5-4-14-10-15(25)6-8-21(14,2)20(16)18(26)11-22(17,23)3/h10,16-17,20,28H,4-9,11-12H2,1-3H3/t16-,17-,20+,21+,22+,23+/m1/s1. The van der Waals surface area contributed by atoms with Gasteiger partial charge in [-0.3, -0.25) is 19.2 Å². The number of ketones is 3. The Morgan fingerprint density at radius 1 is 1.17 bits per heavy atom. The lowest BCUT2D eigenvalue weighted by atomic mass is 9.46. The molecule has 0 amide bonds. The molecule has 1 N–H and O–H groups in total. The summed E-state index contributed by atoms with van der Waals surface area (Å²) in [5.74, 6) is -0.811. The number of carbonyl (C=O) groups excluding carboxylic acids is 4. The molecule has 4 aliphatic carbocycles. The molecule has 0 spiro atoms. The van der Waals surface area contributed by atoms with E-state index in [0.717, 1.165) is 18.4 Å². The zero-order chi connectivity index (χ0) is 21.2. The van der Waals surface area contributed by atoms with Crippen molar-refractivity contribution in [2.24, 2.45) is 28.6 Å². The van der Waals surface area contributed by atoms with Crippen molar-refractivity contribution in [1.29, 1.82) is 0 Å². The van der Waals surface area contributed by atoms with Crippen LogP contribution in [-0.2, 0) is 23.9 Å². The molecule has 0 saturated heterocycles. The third-order valence-corrected chi connectivity index (χ3v) is 8.67.